The number of methoxy groups -OCH3 is 1. The van der Waals surface area contributed by atoms with Gasteiger partial charge >= 0.3 is 0 Å². The highest BCUT2D eigenvalue weighted by Gasteiger charge is 2.20. The van der Waals surface area contributed by atoms with E-state index in [0.717, 1.165) is 23.3 Å². The Morgan fingerprint density at radius 2 is 1.76 bits per heavy atom. The lowest BCUT2D eigenvalue weighted by Gasteiger charge is -2.21. The predicted octanol–water partition coefficient (Wildman–Crippen LogP) is 4.48. The second kappa shape index (κ2) is 7.65. The molecule has 1 N–H and O–H groups in total. The van der Waals surface area contributed by atoms with E-state index in [1.807, 2.05) is 54.6 Å². The van der Waals surface area contributed by atoms with E-state index in [-0.39, 0.29) is 5.92 Å². The first kappa shape index (κ1) is 15.3. The van der Waals surface area contributed by atoms with Crippen molar-refractivity contribution in [1.29, 1.82) is 0 Å². The summed E-state index contributed by atoms with van der Waals surface area (Å²) >= 11 is 0. The fourth-order valence-corrected chi connectivity index (χ4v) is 2.39. The summed E-state index contributed by atoms with van der Waals surface area (Å²) < 4.78 is 5.24. The van der Waals surface area contributed by atoms with Crippen LogP contribution in [0.4, 0.5) is 0 Å². The first-order valence-electron chi connectivity index (χ1n) is 7.30. The first-order chi connectivity index (χ1) is 10.3. The van der Waals surface area contributed by atoms with Crippen LogP contribution in [0.25, 0.3) is 0 Å². The van der Waals surface area contributed by atoms with Gasteiger partial charge in [0, 0.05) is 5.92 Å². The number of hydrogen-bond donors (Lipinski definition) is 1. The van der Waals surface area contributed by atoms with Crippen molar-refractivity contribution >= 4 is 0 Å². The molecule has 2 nitrogen and oxygen atoms in total. The minimum atomic E-state index is -0.592. The van der Waals surface area contributed by atoms with Crippen LogP contribution >= 0.6 is 0 Å². The number of ether oxygens (including phenoxy) is 1. The maximum Gasteiger partial charge on any atom is 0.119 e. The summed E-state index contributed by atoms with van der Waals surface area (Å²) in [5.41, 5.74) is 1.97. The molecular formula is C19H22O2. The summed E-state index contributed by atoms with van der Waals surface area (Å²) in [6.07, 6.45) is 4.54. The zero-order valence-electron chi connectivity index (χ0n) is 12.6. The van der Waals surface area contributed by atoms with E-state index >= 15 is 0 Å². The molecule has 0 unspecified atom stereocenters. The molecule has 2 heteroatoms. The van der Waals surface area contributed by atoms with Crippen LogP contribution in [0.3, 0.4) is 0 Å². The van der Waals surface area contributed by atoms with Gasteiger partial charge in [-0.3, -0.25) is 0 Å². The van der Waals surface area contributed by atoms with Gasteiger partial charge in [-0.05, 0) is 29.7 Å². The molecule has 0 aromatic heterocycles. The van der Waals surface area contributed by atoms with E-state index in [9.17, 15) is 5.11 Å². The van der Waals surface area contributed by atoms with Gasteiger partial charge in [0.05, 0.1) is 13.2 Å². The lowest BCUT2D eigenvalue weighted by Crippen LogP contribution is -2.09. The highest BCUT2D eigenvalue weighted by atomic mass is 16.5. The molecule has 2 atom stereocenters. The smallest absolute Gasteiger partial charge is 0.119 e. The summed E-state index contributed by atoms with van der Waals surface area (Å²) in [6, 6.07) is 17.7. The highest BCUT2D eigenvalue weighted by molar-refractivity contribution is 5.34. The van der Waals surface area contributed by atoms with E-state index in [1.54, 1.807) is 7.11 Å². The van der Waals surface area contributed by atoms with E-state index in [2.05, 4.69) is 19.1 Å². The van der Waals surface area contributed by atoms with Gasteiger partial charge in [0.15, 0.2) is 0 Å². The van der Waals surface area contributed by atoms with Crippen molar-refractivity contribution < 1.29 is 9.84 Å². The van der Waals surface area contributed by atoms with E-state index in [1.165, 1.54) is 0 Å². The minimum absolute atomic E-state index is 0.0572. The molecule has 0 saturated carbocycles. The van der Waals surface area contributed by atoms with Crippen molar-refractivity contribution in [2.24, 2.45) is 0 Å². The lowest BCUT2D eigenvalue weighted by molar-refractivity contribution is 0.161. The van der Waals surface area contributed by atoms with Crippen molar-refractivity contribution in [1.82, 2.24) is 0 Å². The second-order valence-corrected chi connectivity index (χ2v) is 4.99. The van der Waals surface area contributed by atoms with Gasteiger partial charge in [-0.1, -0.05) is 61.5 Å². The Balaban J connectivity index is 2.33. The molecule has 0 heterocycles. The lowest BCUT2D eigenvalue weighted by atomic mass is 9.88. The normalized spacial score (nSPS) is 14.0. The average Bonchev–Trinajstić information content (AvgIpc) is 2.56. The molecule has 0 fully saturated rings. The van der Waals surface area contributed by atoms with Gasteiger partial charge in [-0.15, -0.1) is 0 Å². The zero-order chi connectivity index (χ0) is 15.1. The molecule has 0 aliphatic carbocycles. The molecule has 0 aliphatic heterocycles. The third-order valence-electron chi connectivity index (χ3n) is 3.54. The molecular weight excluding hydrogens is 260 g/mol. The monoisotopic (exact) mass is 282 g/mol. The van der Waals surface area contributed by atoms with Crippen LogP contribution in [0.1, 0.15) is 36.5 Å². The number of aliphatic hydroxyl groups excluding tert-OH is 1. The van der Waals surface area contributed by atoms with Crippen LogP contribution in [0, 0.1) is 0 Å². The number of allylic oxidation sites excluding steroid dienone is 1. The number of aliphatic hydroxyl groups is 1. The van der Waals surface area contributed by atoms with Crippen molar-refractivity contribution in [3.05, 3.63) is 77.9 Å². The molecule has 21 heavy (non-hydrogen) atoms. The Hall–Kier alpha value is -2.06. The first-order valence-corrected chi connectivity index (χ1v) is 7.30. The van der Waals surface area contributed by atoms with Crippen LogP contribution in [0.5, 0.6) is 5.75 Å². The molecule has 2 aromatic rings. The van der Waals surface area contributed by atoms with E-state index in [0.29, 0.717) is 0 Å². The van der Waals surface area contributed by atoms with Crippen LogP contribution < -0.4 is 4.74 Å². The van der Waals surface area contributed by atoms with Crippen LogP contribution in [-0.2, 0) is 0 Å². The minimum Gasteiger partial charge on any atom is -0.497 e. The topological polar surface area (TPSA) is 29.5 Å². The van der Waals surface area contributed by atoms with Crippen LogP contribution in [0.2, 0.25) is 0 Å². The van der Waals surface area contributed by atoms with Crippen molar-refractivity contribution in [3.8, 4) is 5.75 Å². The largest absolute Gasteiger partial charge is 0.497 e. The van der Waals surface area contributed by atoms with Crippen molar-refractivity contribution in [2.45, 2.75) is 25.4 Å². The third-order valence-corrected chi connectivity index (χ3v) is 3.54. The van der Waals surface area contributed by atoms with Crippen molar-refractivity contribution in [2.75, 3.05) is 7.11 Å². The highest BCUT2D eigenvalue weighted by Crippen LogP contribution is 2.33. The number of benzene rings is 2. The fraction of sp³-hybridized carbons (Fsp3) is 0.263. The predicted molar refractivity (Wildman–Crippen MR) is 86.6 cm³/mol. The van der Waals surface area contributed by atoms with Gasteiger partial charge < -0.3 is 9.84 Å². The zero-order valence-corrected chi connectivity index (χ0v) is 12.6. The molecule has 110 valence electrons. The Morgan fingerprint density at radius 3 is 2.43 bits per heavy atom. The quantitative estimate of drug-likeness (QED) is 0.792. The molecule has 0 bridgehead atoms. The van der Waals surface area contributed by atoms with Gasteiger partial charge in [0.25, 0.3) is 0 Å². The molecule has 0 radical (unpaired) electrons. The summed E-state index contributed by atoms with van der Waals surface area (Å²) in [7, 11) is 1.64. The molecule has 0 amide bonds. The number of hydrogen-bond acceptors (Lipinski definition) is 2. The van der Waals surface area contributed by atoms with Gasteiger partial charge in [-0.2, -0.15) is 0 Å². The van der Waals surface area contributed by atoms with Crippen LogP contribution in [0.15, 0.2) is 66.7 Å². The molecule has 0 saturated heterocycles. The summed E-state index contributed by atoms with van der Waals surface area (Å²) in [5.74, 6) is 0.705. The molecule has 0 spiro atoms. The summed E-state index contributed by atoms with van der Waals surface area (Å²) in [4.78, 5) is 0. The second-order valence-electron chi connectivity index (χ2n) is 4.99. The maximum absolute atomic E-state index is 10.8. The summed E-state index contributed by atoms with van der Waals surface area (Å²) in [5, 5.41) is 10.8. The third kappa shape index (κ3) is 3.96. The SMILES string of the molecule is CC/C=C/[C@H](c1ccccc1)[C@@H](O)c1cccc(OC)c1. The fourth-order valence-electron chi connectivity index (χ4n) is 2.39. The number of rotatable bonds is 6. The van der Waals surface area contributed by atoms with Crippen LogP contribution in [-0.4, -0.2) is 12.2 Å². The standard InChI is InChI=1S/C19H22O2/c1-3-4-13-18(15-9-6-5-7-10-15)19(20)16-11-8-12-17(14-16)21-2/h4-14,18-20H,3H2,1-2H3/b13-4+/t18-,19+/m1/s1. The molecule has 2 rings (SSSR count). The summed E-state index contributed by atoms with van der Waals surface area (Å²) in [6.45, 7) is 2.09. The van der Waals surface area contributed by atoms with Gasteiger partial charge in [0.1, 0.15) is 5.75 Å². The molecule has 2 aromatic carbocycles. The van der Waals surface area contributed by atoms with Crippen molar-refractivity contribution in [3.63, 3.8) is 0 Å². The Kier molecular flexibility index (Phi) is 5.59. The van der Waals surface area contributed by atoms with E-state index < -0.39 is 6.10 Å². The average molecular weight is 282 g/mol. The van der Waals surface area contributed by atoms with E-state index in [4.69, 9.17) is 4.74 Å². The Labute approximate surface area is 126 Å². The van der Waals surface area contributed by atoms with Gasteiger partial charge in [-0.25, -0.2) is 0 Å². The Bertz CT molecular complexity index is 575. The maximum atomic E-state index is 10.8. The van der Waals surface area contributed by atoms with Gasteiger partial charge in [0.2, 0.25) is 0 Å². The molecule has 0 aliphatic rings. The Morgan fingerprint density at radius 1 is 1.05 bits per heavy atom.